The maximum Gasteiger partial charge on any atom is 0.0631 e. The predicted molar refractivity (Wildman–Crippen MR) is 69.2 cm³/mol. The van der Waals surface area contributed by atoms with Crippen molar-refractivity contribution in [2.45, 2.75) is 51.5 Å². The van der Waals surface area contributed by atoms with Gasteiger partial charge >= 0.3 is 0 Å². The molecule has 0 saturated heterocycles. The molecule has 0 radical (unpaired) electrons. The molecule has 0 amide bonds. The molecular weight excluding hydrogens is 212 g/mol. The average molecular weight is 236 g/mol. The third kappa shape index (κ3) is 2.87. The summed E-state index contributed by atoms with van der Waals surface area (Å²) in [6.45, 7) is 2.13. The summed E-state index contributed by atoms with van der Waals surface area (Å²) in [7, 11) is 2.01. The zero-order valence-corrected chi connectivity index (χ0v) is 10.9. The minimum Gasteiger partial charge on any atom is -0.271 e. The highest BCUT2D eigenvalue weighted by Gasteiger charge is 2.22. The fourth-order valence-electron chi connectivity index (χ4n) is 2.90. The largest absolute Gasteiger partial charge is 0.271 e. The number of hydrazine groups is 1. The summed E-state index contributed by atoms with van der Waals surface area (Å²) >= 11 is 0. The third-order valence-electron chi connectivity index (χ3n) is 3.93. The van der Waals surface area contributed by atoms with Crippen LogP contribution < -0.4 is 11.3 Å². The van der Waals surface area contributed by atoms with Crippen LogP contribution >= 0.6 is 0 Å². The SMILES string of the molecule is CCc1cc(C(CC2CCCC2)NN)n(C)n1. The van der Waals surface area contributed by atoms with Crippen LogP contribution in [0.15, 0.2) is 6.07 Å². The van der Waals surface area contributed by atoms with E-state index in [2.05, 4.69) is 23.5 Å². The maximum absolute atomic E-state index is 5.71. The van der Waals surface area contributed by atoms with Crippen molar-refractivity contribution in [2.24, 2.45) is 18.8 Å². The molecule has 1 atom stereocenters. The van der Waals surface area contributed by atoms with Gasteiger partial charge in [-0.15, -0.1) is 0 Å². The van der Waals surface area contributed by atoms with E-state index in [1.807, 2.05) is 11.7 Å². The van der Waals surface area contributed by atoms with E-state index in [-0.39, 0.29) is 6.04 Å². The Morgan fingerprint density at radius 2 is 2.24 bits per heavy atom. The number of rotatable bonds is 5. The number of aryl methyl sites for hydroxylation is 2. The number of hydrogen-bond donors (Lipinski definition) is 2. The minimum absolute atomic E-state index is 0.246. The second-order valence-corrected chi connectivity index (χ2v) is 5.14. The van der Waals surface area contributed by atoms with Gasteiger partial charge in [0.2, 0.25) is 0 Å². The van der Waals surface area contributed by atoms with Gasteiger partial charge in [0.05, 0.1) is 17.4 Å². The Bertz CT molecular complexity index is 352. The highest BCUT2D eigenvalue weighted by molar-refractivity contribution is 5.14. The molecule has 1 unspecified atom stereocenters. The van der Waals surface area contributed by atoms with Gasteiger partial charge in [-0.2, -0.15) is 5.10 Å². The lowest BCUT2D eigenvalue weighted by Crippen LogP contribution is -2.30. The first-order chi connectivity index (χ1) is 8.24. The van der Waals surface area contributed by atoms with Crippen molar-refractivity contribution in [2.75, 3.05) is 0 Å². The van der Waals surface area contributed by atoms with Crippen molar-refractivity contribution >= 4 is 0 Å². The molecule has 0 bridgehead atoms. The van der Waals surface area contributed by atoms with Gasteiger partial charge in [-0.1, -0.05) is 32.6 Å². The van der Waals surface area contributed by atoms with E-state index >= 15 is 0 Å². The highest BCUT2D eigenvalue weighted by Crippen LogP contribution is 2.32. The number of hydrogen-bond acceptors (Lipinski definition) is 3. The molecule has 4 nitrogen and oxygen atoms in total. The molecule has 96 valence electrons. The van der Waals surface area contributed by atoms with Crippen molar-refractivity contribution in [3.63, 3.8) is 0 Å². The number of nitrogens with one attached hydrogen (secondary N) is 1. The summed E-state index contributed by atoms with van der Waals surface area (Å²) in [5.74, 6) is 6.54. The molecule has 1 fully saturated rings. The molecule has 1 aliphatic carbocycles. The summed E-state index contributed by atoms with van der Waals surface area (Å²) in [5, 5.41) is 4.49. The van der Waals surface area contributed by atoms with E-state index in [1.165, 1.54) is 31.4 Å². The van der Waals surface area contributed by atoms with E-state index in [1.54, 1.807) is 0 Å². The summed E-state index contributed by atoms with van der Waals surface area (Å²) < 4.78 is 1.97. The lowest BCUT2D eigenvalue weighted by atomic mass is 9.96. The second-order valence-electron chi connectivity index (χ2n) is 5.14. The smallest absolute Gasteiger partial charge is 0.0631 e. The van der Waals surface area contributed by atoms with E-state index < -0.39 is 0 Å². The molecule has 1 aromatic heterocycles. The quantitative estimate of drug-likeness (QED) is 0.608. The van der Waals surface area contributed by atoms with Crippen molar-refractivity contribution in [1.82, 2.24) is 15.2 Å². The zero-order valence-electron chi connectivity index (χ0n) is 10.9. The number of nitrogens with zero attached hydrogens (tertiary/aromatic N) is 2. The average Bonchev–Trinajstić information content (AvgIpc) is 2.95. The standard InChI is InChI=1S/C13H24N4/c1-3-11-9-13(17(2)16-11)12(15-14)8-10-6-4-5-7-10/h9-10,12,15H,3-8,14H2,1-2H3. The first-order valence-corrected chi connectivity index (χ1v) is 6.73. The molecule has 0 aromatic carbocycles. The van der Waals surface area contributed by atoms with Crippen LogP contribution in [0.1, 0.15) is 56.5 Å². The van der Waals surface area contributed by atoms with Crippen LogP contribution in [0.5, 0.6) is 0 Å². The molecule has 1 heterocycles. The lowest BCUT2D eigenvalue weighted by molar-refractivity contribution is 0.384. The molecule has 0 aliphatic heterocycles. The van der Waals surface area contributed by atoms with Gasteiger partial charge < -0.3 is 0 Å². The van der Waals surface area contributed by atoms with Crippen LogP contribution in [0.4, 0.5) is 0 Å². The van der Waals surface area contributed by atoms with E-state index in [0.29, 0.717) is 0 Å². The molecule has 2 rings (SSSR count). The Morgan fingerprint density at radius 1 is 1.53 bits per heavy atom. The minimum atomic E-state index is 0.246. The topological polar surface area (TPSA) is 55.9 Å². The molecule has 3 N–H and O–H groups in total. The Hall–Kier alpha value is -0.870. The van der Waals surface area contributed by atoms with Gasteiger partial charge in [0.15, 0.2) is 0 Å². The van der Waals surface area contributed by atoms with Crippen LogP contribution in [0.25, 0.3) is 0 Å². The Kier molecular flexibility index (Phi) is 4.18. The second kappa shape index (κ2) is 5.65. The van der Waals surface area contributed by atoms with Crippen LogP contribution in [0.3, 0.4) is 0 Å². The Labute approximate surface area is 104 Å². The first-order valence-electron chi connectivity index (χ1n) is 6.73. The number of aromatic nitrogens is 2. The monoisotopic (exact) mass is 236 g/mol. The van der Waals surface area contributed by atoms with Crippen LogP contribution in [0, 0.1) is 5.92 Å². The van der Waals surface area contributed by atoms with Crippen LogP contribution in [-0.2, 0) is 13.5 Å². The molecule has 17 heavy (non-hydrogen) atoms. The Balaban J connectivity index is 2.07. The van der Waals surface area contributed by atoms with Crippen LogP contribution in [0.2, 0.25) is 0 Å². The molecule has 1 aliphatic rings. The molecule has 1 aromatic rings. The molecule has 4 heteroatoms. The van der Waals surface area contributed by atoms with E-state index in [0.717, 1.165) is 24.5 Å². The molecular formula is C13H24N4. The zero-order chi connectivity index (χ0) is 12.3. The fourth-order valence-corrected chi connectivity index (χ4v) is 2.90. The van der Waals surface area contributed by atoms with Crippen molar-refractivity contribution in [3.8, 4) is 0 Å². The normalized spacial score (nSPS) is 18.8. The van der Waals surface area contributed by atoms with Gasteiger partial charge in [0.25, 0.3) is 0 Å². The van der Waals surface area contributed by atoms with Crippen molar-refractivity contribution in [1.29, 1.82) is 0 Å². The predicted octanol–water partition coefficient (Wildman–Crippen LogP) is 2.07. The summed E-state index contributed by atoms with van der Waals surface area (Å²) in [6.07, 6.45) is 7.60. The lowest BCUT2D eigenvalue weighted by Gasteiger charge is -2.19. The summed E-state index contributed by atoms with van der Waals surface area (Å²) in [4.78, 5) is 0. The van der Waals surface area contributed by atoms with Gasteiger partial charge in [-0.25, -0.2) is 0 Å². The first kappa shape index (κ1) is 12.6. The molecule has 1 saturated carbocycles. The maximum atomic E-state index is 5.71. The van der Waals surface area contributed by atoms with Crippen molar-refractivity contribution in [3.05, 3.63) is 17.5 Å². The fraction of sp³-hybridized carbons (Fsp3) is 0.769. The molecule has 0 spiro atoms. The Morgan fingerprint density at radius 3 is 2.76 bits per heavy atom. The van der Waals surface area contributed by atoms with Crippen molar-refractivity contribution < 1.29 is 0 Å². The summed E-state index contributed by atoms with van der Waals surface area (Å²) in [6, 6.07) is 2.43. The van der Waals surface area contributed by atoms with Gasteiger partial charge in [-0.05, 0) is 24.8 Å². The van der Waals surface area contributed by atoms with E-state index in [4.69, 9.17) is 5.84 Å². The van der Waals surface area contributed by atoms with Crippen LogP contribution in [-0.4, -0.2) is 9.78 Å². The van der Waals surface area contributed by atoms with Gasteiger partial charge in [0, 0.05) is 7.05 Å². The summed E-state index contributed by atoms with van der Waals surface area (Å²) in [5.41, 5.74) is 5.33. The van der Waals surface area contributed by atoms with E-state index in [9.17, 15) is 0 Å². The number of nitrogens with two attached hydrogens (primary N) is 1. The van der Waals surface area contributed by atoms with Gasteiger partial charge in [0.1, 0.15) is 0 Å². The third-order valence-corrected chi connectivity index (χ3v) is 3.93. The van der Waals surface area contributed by atoms with Gasteiger partial charge in [-0.3, -0.25) is 16.0 Å². The highest BCUT2D eigenvalue weighted by atomic mass is 15.3.